The first-order valence-electron chi connectivity index (χ1n) is 40.1. The third-order valence-corrected chi connectivity index (χ3v) is 18.9. The lowest BCUT2D eigenvalue weighted by Gasteiger charge is -2.41. The summed E-state index contributed by atoms with van der Waals surface area (Å²) in [5, 5.41) is 57.5. The molecule has 0 aromatic carbocycles. The molecule has 1 amide bonds. The van der Waals surface area contributed by atoms with Crippen LogP contribution in [0.1, 0.15) is 387 Å². The maximum atomic E-state index is 13.5. The Bertz CT molecular complexity index is 1750. The zero-order valence-corrected chi connectivity index (χ0v) is 60.9. The fourth-order valence-electron chi connectivity index (χ4n) is 12.6. The Morgan fingerprint density at radius 2 is 0.742 bits per heavy atom. The fourth-order valence-corrected chi connectivity index (χ4v) is 12.6. The van der Waals surface area contributed by atoms with Crippen LogP contribution in [0.15, 0.2) is 60.8 Å². The second kappa shape index (κ2) is 69.3. The average molecular weight is 1310 g/mol. The van der Waals surface area contributed by atoms with Gasteiger partial charge in [-0.1, -0.05) is 351 Å². The molecule has 1 rings (SSSR count). The number of hydrogen-bond acceptors (Lipinski definition) is 10. The summed E-state index contributed by atoms with van der Waals surface area (Å²) in [6, 6.07) is -1.02. The molecule has 93 heavy (non-hydrogen) atoms. The van der Waals surface area contributed by atoms with Crippen LogP contribution in [-0.4, -0.2) is 99.6 Å². The first-order chi connectivity index (χ1) is 45.7. The first-order valence-corrected chi connectivity index (χ1v) is 40.1. The standard InChI is InChI=1S/C82H151NO10/c1-4-7-10-13-16-19-22-25-27-29-31-33-35-37-38-39-41-43-45-47-49-52-55-58-61-64-67-70-77(87)93-80-79(89)78(88)76(71-84)92-82(80)91-72-73(74(85)68-65-62-59-56-53-50-24-21-18-15-12-9-6-3)83-81(90)75(86)69-66-63-60-57-54-51-48-46-44-42-40-36-34-32-30-28-26-23-20-17-14-11-8-5-2/h16,19,25-28,31,33,65,68,73-76,78-80,82,84-86,88-89H,4-15,17-18,20-24,29-30,32,34-64,66-67,69-72H2,1-3H3,(H,83,90)/b19-16-,27-25-,28-26+,33-31-,68-65+. The van der Waals surface area contributed by atoms with Gasteiger partial charge in [-0.3, -0.25) is 9.59 Å². The summed E-state index contributed by atoms with van der Waals surface area (Å²) in [5.41, 5.74) is 0. The van der Waals surface area contributed by atoms with Crippen molar-refractivity contribution in [2.75, 3.05) is 13.2 Å². The van der Waals surface area contributed by atoms with Crippen molar-refractivity contribution in [3.63, 3.8) is 0 Å². The van der Waals surface area contributed by atoms with Gasteiger partial charge in [0.2, 0.25) is 5.91 Å². The number of carbonyl (C=O) groups is 2. The number of allylic oxidation sites excluding steroid dienone is 9. The lowest BCUT2D eigenvalue weighted by atomic mass is 9.99. The van der Waals surface area contributed by atoms with Crippen molar-refractivity contribution in [3.8, 4) is 0 Å². The molecule has 544 valence electrons. The van der Waals surface area contributed by atoms with Gasteiger partial charge in [0, 0.05) is 6.42 Å². The van der Waals surface area contributed by atoms with Crippen molar-refractivity contribution in [3.05, 3.63) is 60.8 Å². The summed E-state index contributed by atoms with van der Waals surface area (Å²) in [7, 11) is 0. The summed E-state index contributed by atoms with van der Waals surface area (Å²) < 4.78 is 17.8. The van der Waals surface area contributed by atoms with Crippen molar-refractivity contribution < 1.29 is 49.3 Å². The molecular weight excluding hydrogens is 1160 g/mol. The minimum Gasteiger partial charge on any atom is -0.454 e. The molecule has 1 aliphatic heterocycles. The minimum absolute atomic E-state index is 0.124. The van der Waals surface area contributed by atoms with Gasteiger partial charge in [0.1, 0.15) is 24.4 Å². The highest BCUT2D eigenvalue weighted by Gasteiger charge is 2.47. The molecule has 0 bridgehead atoms. The highest BCUT2D eigenvalue weighted by Crippen LogP contribution is 2.27. The first kappa shape index (κ1) is 88.4. The third kappa shape index (κ3) is 56.0. The van der Waals surface area contributed by atoms with Crippen LogP contribution in [0.25, 0.3) is 0 Å². The maximum absolute atomic E-state index is 13.5. The number of nitrogens with one attached hydrogen (secondary N) is 1. The molecule has 0 aromatic rings. The van der Waals surface area contributed by atoms with E-state index in [0.717, 1.165) is 70.6 Å². The van der Waals surface area contributed by atoms with Gasteiger partial charge in [-0.2, -0.15) is 0 Å². The summed E-state index contributed by atoms with van der Waals surface area (Å²) in [6.45, 7) is 5.83. The molecular formula is C82H151NO10. The molecule has 6 N–H and O–H groups in total. The molecule has 0 radical (unpaired) electrons. The Kier molecular flexibility index (Phi) is 65.8. The monoisotopic (exact) mass is 1310 g/mol. The average Bonchev–Trinajstić information content (AvgIpc) is 0.844. The number of carbonyl (C=O) groups excluding carboxylic acids is 2. The molecule has 11 nitrogen and oxygen atoms in total. The van der Waals surface area contributed by atoms with Crippen LogP contribution >= 0.6 is 0 Å². The Balaban J connectivity index is 2.50. The van der Waals surface area contributed by atoms with E-state index < -0.39 is 67.4 Å². The predicted octanol–water partition coefficient (Wildman–Crippen LogP) is 21.6. The number of rotatable bonds is 70. The van der Waals surface area contributed by atoms with E-state index in [2.05, 4.69) is 74.7 Å². The quantitative estimate of drug-likeness (QED) is 0.0195. The van der Waals surface area contributed by atoms with Crippen LogP contribution in [0.3, 0.4) is 0 Å². The second-order valence-corrected chi connectivity index (χ2v) is 27.8. The van der Waals surface area contributed by atoms with Gasteiger partial charge in [0.15, 0.2) is 12.4 Å². The SMILES string of the molecule is CCCCC/C=C\C/C=C\C/C=C\CCCCCCCCCCCCCCCCC(=O)OC1C(OCC(NC(=O)C(O)CCCCCCCCCCCCCCCC/C=C/CCCCCCCC)C(O)/C=C/CCCCCCCCCCCCC)OC(CO)C(O)C1O. The Morgan fingerprint density at radius 3 is 1.14 bits per heavy atom. The van der Waals surface area contributed by atoms with E-state index in [9.17, 15) is 35.1 Å². The van der Waals surface area contributed by atoms with E-state index in [1.165, 1.54) is 270 Å². The van der Waals surface area contributed by atoms with E-state index in [-0.39, 0.29) is 13.0 Å². The molecule has 0 saturated carbocycles. The molecule has 0 spiro atoms. The van der Waals surface area contributed by atoms with Gasteiger partial charge in [-0.05, 0) is 89.9 Å². The minimum atomic E-state index is -1.62. The van der Waals surface area contributed by atoms with Crippen LogP contribution in [0, 0.1) is 0 Å². The predicted molar refractivity (Wildman–Crippen MR) is 393 cm³/mol. The molecule has 0 aliphatic carbocycles. The zero-order chi connectivity index (χ0) is 67.4. The van der Waals surface area contributed by atoms with Crippen LogP contribution in [0.2, 0.25) is 0 Å². The molecule has 8 unspecified atom stereocenters. The number of aliphatic hydroxyl groups is 5. The second-order valence-electron chi connectivity index (χ2n) is 27.8. The molecule has 1 fully saturated rings. The van der Waals surface area contributed by atoms with Crippen LogP contribution in [0.5, 0.6) is 0 Å². The summed E-state index contributed by atoms with van der Waals surface area (Å²) >= 11 is 0. The smallest absolute Gasteiger partial charge is 0.306 e. The third-order valence-electron chi connectivity index (χ3n) is 18.9. The van der Waals surface area contributed by atoms with Gasteiger partial charge in [-0.15, -0.1) is 0 Å². The highest BCUT2D eigenvalue weighted by molar-refractivity contribution is 5.80. The number of hydrogen-bond donors (Lipinski definition) is 6. The van der Waals surface area contributed by atoms with Gasteiger partial charge in [0.05, 0.1) is 25.4 Å². The summed E-state index contributed by atoms with van der Waals surface area (Å²) in [4.78, 5) is 26.8. The van der Waals surface area contributed by atoms with E-state index in [0.29, 0.717) is 19.3 Å². The van der Waals surface area contributed by atoms with Crippen molar-refractivity contribution in [2.24, 2.45) is 0 Å². The molecule has 8 atom stereocenters. The van der Waals surface area contributed by atoms with Crippen molar-refractivity contribution >= 4 is 11.9 Å². The number of amides is 1. The van der Waals surface area contributed by atoms with E-state index in [1.807, 2.05) is 6.08 Å². The number of ether oxygens (including phenoxy) is 3. The van der Waals surface area contributed by atoms with Crippen molar-refractivity contribution in [2.45, 2.75) is 436 Å². The van der Waals surface area contributed by atoms with Gasteiger partial charge < -0.3 is 45.1 Å². The topological polar surface area (TPSA) is 175 Å². The number of aliphatic hydroxyl groups excluding tert-OH is 5. The Morgan fingerprint density at radius 1 is 0.419 bits per heavy atom. The highest BCUT2D eigenvalue weighted by atomic mass is 16.7. The maximum Gasteiger partial charge on any atom is 0.306 e. The van der Waals surface area contributed by atoms with Crippen LogP contribution in [0.4, 0.5) is 0 Å². The largest absolute Gasteiger partial charge is 0.454 e. The van der Waals surface area contributed by atoms with Crippen LogP contribution < -0.4 is 5.32 Å². The Hall–Kier alpha value is -2.64. The number of unbranched alkanes of at least 4 members (excludes halogenated alkanes) is 48. The molecule has 1 aliphatic rings. The number of esters is 1. The van der Waals surface area contributed by atoms with Crippen molar-refractivity contribution in [1.82, 2.24) is 5.32 Å². The van der Waals surface area contributed by atoms with Crippen LogP contribution in [-0.2, 0) is 23.8 Å². The van der Waals surface area contributed by atoms with E-state index >= 15 is 0 Å². The lowest BCUT2D eigenvalue weighted by molar-refractivity contribution is -0.305. The van der Waals surface area contributed by atoms with E-state index in [4.69, 9.17) is 14.2 Å². The summed E-state index contributed by atoms with van der Waals surface area (Å²) in [5.74, 6) is -1.18. The molecule has 1 heterocycles. The normalized spacial score (nSPS) is 18.1. The van der Waals surface area contributed by atoms with Gasteiger partial charge >= 0.3 is 5.97 Å². The van der Waals surface area contributed by atoms with Gasteiger partial charge in [0.25, 0.3) is 0 Å². The molecule has 11 heteroatoms. The summed E-state index contributed by atoms with van der Waals surface area (Å²) in [6.07, 6.45) is 79.8. The lowest BCUT2D eigenvalue weighted by Crippen LogP contribution is -2.61. The fraction of sp³-hybridized carbons (Fsp3) is 0.854. The van der Waals surface area contributed by atoms with Gasteiger partial charge in [-0.25, -0.2) is 0 Å². The van der Waals surface area contributed by atoms with E-state index in [1.54, 1.807) is 6.08 Å². The molecule has 0 aromatic heterocycles. The van der Waals surface area contributed by atoms with Crippen molar-refractivity contribution in [1.29, 1.82) is 0 Å². The zero-order valence-electron chi connectivity index (χ0n) is 60.9. The Labute approximate surface area is 573 Å². The molecule has 1 saturated heterocycles.